The third-order valence-corrected chi connectivity index (χ3v) is 1.97. The number of carbonyl (C=O) groups is 1. The molecule has 0 spiro atoms. The molecule has 0 saturated heterocycles. The quantitative estimate of drug-likeness (QED) is 0.712. The number of carboxylic acids is 1. The molecule has 0 aliphatic carbocycles. The van der Waals surface area contributed by atoms with Crippen molar-refractivity contribution in [3.8, 4) is 0 Å². The van der Waals surface area contributed by atoms with Crippen molar-refractivity contribution in [1.29, 1.82) is 0 Å². The van der Waals surface area contributed by atoms with E-state index in [4.69, 9.17) is 5.11 Å². The Kier molecular flexibility index (Phi) is 3.45. The molecule has 1 aromatic rings. The summed E-state index contributed by atoms with van der Waals surface area (Å²) in [6.45, 7) is 0.517. The Morgan fingerprint density at radius 1 is 1.43 bits per heavy atom. The van der Waals surface area contributed by atoms with E-state index in [9.17, 15) is 4.79 Å². The molecule has 14 heavy (non-hydrogen) atoms. The summed E-state index contributed by atoms with van der Waals surface area (Å²) in [6, 6.07) is 3.92. The lowest BCUT2D eigenvalue weighted by Crippen LogP contribution is -2.34. The van der Waals surface area contributed by atoms with Crippen molar-refractivity contribution in [3.05, 3.63) is 24.5 Å². The molecule has 0 aliphatic rings. The molecule has 0 aliphatic heterocycles. The number of rotatable bonds is 4. The van der Waals surface area contributed by atoms with Crippen LogP contribution in [0, 0.1) is 0 Å². The van der Waals surface area contributed by atoms with Crippen LogP contribution in [-0.2, 0) is 11.3 Å². The van der Waals surface area contributed by atoms with Gasteiger partial charge in [-0.3, -0.25) is 4.79 Å². The van der Waals surface area contributed by atoms with Gasteiger partial charge in [-0.15, -0.1) is 0 Å². The lowest BCUT2D eigenvalue weighted by molar-refractivity contribution is -0.695. The first-order chi connectivity index (χ1) is 6.59. The van der Waals surface area contributed by atoms with Gasteiger partial charge in [0.1, 0.15) is 6.42 Å². The second kappa shape index (κ2) is 4.60. The molecule has 1 aromatic heterocycles. The van der Waals surface area contributed by atoms with Crippen molar-refractivity contribution < 1.29 is 14.5 Å². The first-order valence-corrected chi connectivity index (χ1v) is 4.48. The van der Waals surface area contributed by atoms with Gasteiger partial charge in [-0.1, -0.05) is 0 Å². The van der Waals surface area contributed by atoms with Crippen LogP contribution < -0.4 is 9.47 Å². The standard InChI is InChI=1S/C10H14N2O2/c1-11(2)9-3-6-12(7-4-9)8-5-10(13)14/h3-4,6-7H,5,8H2,1-2H3/p+1. The summed E-state index contributed by atoms with van der Waals surface area (Å²) in [4.78, 5) is 12.3. The second-order valence-electron chi connectivity index (χ2n) is 3.33. The van der Waals surface area contributed by atoms with E-state index in [-0.39, 0.29) is 6.42 Å². The molecule has 4 nitrogen and oxygen atoms in total. The largest absolute Gasteiger partial charge is 0.481 e. The summed E-state index contributed by atoms with van der Waals surface area (Å²) in [5, 5.41) is 8.50. The molecule has 0 aromatic carbocycles. The highest BCUT2D eigenvalue weighted by atomic mass is 16.4. The van der Waals surface area contributed by atoms with Crippen LogP contribution in [0.15, 0.2) is 24.5 Å². The van der Waals surface area contributed by atoms with Crippen LogP contribution in [0.25, 0.3) is 0 Å². The zero-order chi connectivity index (χ0) is 10.6. The normalized spacial score (nSPS) is 9.86. The van der Waals surface area contributed by atoms with Gasteiger partial charge in [-0.25, -0.2) is 4.57 Å². The Hall–Kier alpha value is -1.58. The third-order valence-electron chi connectivity index (χ3n) is 1.97. The van der Waals surface area contributed by atoms with E-state index >= 15 is 0 Å². The number of anilines is 1. The van der Waals surface area contributed by atoms with Crippen LogP contribution in [0.5, 0.6) is 0 Å². The molecule has 0 amide bonds. The fraction of sp³-hybridized carbons (Fsp3) is 0.400. The molecule has 1 heterocycles. The maximum Gasteiger partial charge on any atom is 0.309 e. The summed E-state index contributed by atoms with van der Waals surface area (Å²) < 4.78 is 1.86. The first-order valence-electron chi connectivity index (χ1n) is 4.48. The zero-order valence-electron chi connectivity index (χ0n) is 8.47. The van der Waals surface area contributed by atoms with Crippen molar-refractivity contribution >= 4 is 11.7 Å². The van der Waals surface area contributed by atoms with Crippen molar-refractivity contribution in [2.45, 2.75) is 13.0 Å². The Balaban J connectivity index is 2.59. The Labute approximate surface area is 83.4 Å². The minimum Gasteiger partial charge on any atom is -0.481 e. The van der Waals surface area contributed by atoms with Crippen molar-refractivity contribution in [3.63, 3.8) is 0 Å². The maximum atomic E-state index is 10.3. The van der Waals surface area contributed by atoms with E-state index in [1.807, 2.05) is 48.1 Å². The minimum absolute atomic E-state index is 0.159. The van der Waals surface area contributed by atoms with Crippen LogP contribution in [-0.4, -0.2) is 25.2 Å². The predicted molar refractivity (Wildman–Crippen MR) is 53.2 cm³/mol. The smallest absolute Gasteiger partial charge is 0.309 e. The molecule has 1 N–H and O–H groups in total. The van der Waals surface area contributed by atoms with E-state index in [0.717, 1.165) is 5.69 Å². The lowest BCUT2D eigenvalue weighted by Gasteiger charge is -2.10. The SMILES string of the molecule is CN(C)c1cc[n+](CCC(=O)O)cc1. The van der Waals surface area contributed by atoms with E-state index in [1.54, 1.807) is 0 Å². The van der Waals surface area contributed by atoms with Crippen molar-refractivity contribution in [1.82, 2.24) is 0 Å². The average Bonchev–Trinajstić information content (AvgIpc) is 2.15. The van der Waals surface area contributed by atoms with Gasteiger partial charge >= 0.3 is 5.97 Å². The van der Waals surface area contributed by atoms with Crippen LogP contribution in [0.1, 0.15) is 6.42 Å². The third kappa shape index (κ3) is 3.05. The van der Waals surface area contributed by atoms with Crippen LogP contribution in [0.3, 0.4) is 0 Å². The first kappa shape index (κ1) is 10.5. The van der Waals surface area contributed by atoms with Gasteiger partial charge in [0.05, 0.1) is 0 Å². The number of hydrogen-bond acceptors (Lipinski definition) is 2. The molecule has 76 valence electrons. The van der Waals surface area contributed by atoms with Crippen LogP contribution in [0.4, 0.5) is 5.69 Å². The van der Waals surface area contributed by atoms with E-state index in [1.165, 1.54) is 0 Å². The highest BCUT2D eigenvalue weighted by Gasteiger charge is 2.04. The summed E-state index contributed by atoms with van der Waals surface area (Å²) in [6.07, 6.45) is 3.93. The van der Waals surface area contributed by atoms with Gasteiger partial charge < -0.3 is 10.0 Å². The number of hydrogen-bond donors (Lipinski definition) is 1. The fourth-order valence-electron chi connectivity index (χ4n) is 1.12. The number of aryl methyl sites for hydroxylation is 1. The molecular formula is C10H15N2O2+. The average molecular weight is 195 g/mol. The van der Waals surface area contributed by atoms with Gasteiger partial charge in [0, 0.05) is 31.9 Å². The summed E-state index contributed by atoms with van der Waals surface area (Å²) in [5.41, 5.74) is 1.11. The highest BCUT2D eigenvalue weighted by molar-refractivity contribution is 5.66. The number of carboxylic acid groups (broad SMARTS) is 1. The lowest BCUT2D eigenvalue weighted by atomic mass is 10.3. The summed E-state index contributed by atoms with van der Waals surface area (Å²) >= 11 is 0. The maximum absolute atomic E-state index is 10.3. The Bertz CT molecular complexity index is 306. The van der Waals surface area contributed by atoms with Gasteiger partial charge in [0.15, 0.2) is 18.9 Å². The Morgan fingerprint density at radius 3 is 2.43 bits per heavy atom. The molecule has 0 atom stereocenters. The number of nitrogens with zero attached hydrogens (tertiary/aromatic N) is 2. The van der Waals surface area contributed by atoms with Gasteiger partial charge in [-0.05, 0) is 0 Å². The zero-order valence-corrected chi connectivity index (χ0v) is 8.47. The van der Waals surface area contributed by atoms with Crippen molar-refractivity contribution in [2.75, 3.05) is 19.0 Å². The second-order valence-corrected chi connectivity index (χ2v) is 3.33. The highest BCUT2D eigenvalue weighted by Crippen LogP contribution is 2.05. The predicted octanol–water partition coefficient (Wildman–Crippen LogP) is 0.515. The van der Waals surface area contributed by atoms with Crippen LogP contribution >= 0.6 is 0 Å². The number of aromatic nitrogens is 1. The van der Waals surface area contributed by atoms with Gasteiger partial charge in [0.2, 0.25) is 0 Å². The van der Waals surface area contributed by atoms with Gasteiger partial charge in [-0.2, -0.15) is 0 Å². The van der Waals surface area contributed by atoms with E-state index in [0.29, 0.717) is 6.54 Å². The molecule has 0 radical (unpaired) electrons. The summed E-state index contributed by atoms with van der Waals surface area (Å²) in [5.74, 6) is -0.769. The fourth-order valence-corrected chi connectivity index (χ4v) is 1.12. The van der Waals surface area contributed by atoms with Crippen molar-refractivity contribution in [2.24, 2.45) is 0 Å². The monoisotopic (exact) mass is 195 g/mol. The molecular weight excluding hydrogens is 180 g/mol. The summed E-state index contributed by atoms with van der Waals surface area (Å²) in [7, 11) is 3.94. The van der Waals surface area contributed by atoms with Crippen LogP contribution in [0.2, 0.25) is 0 Å². The molecule has 0 fully saturated rings. The molecule has 4 heteroatoms. The Morgan fingerprint density at radius 2 is 2.00 bits per heavy atom. The topological polar surface area (TPSA) is 44.4 Å². The number of aliphatic carboxylic acids is 1. The van der Waals surface area contributed by atoms with Gasteiger partial charge in [0.25, 0.3) is 0 Å². The molecule has 0 unspecified atom stereocenters. The molecule has 0 saturated carbocycles. The molecule has 0 bridgehead atoms. The van der Waals surface area contributed by atoms with E-state index in [2.05, 4.69) is 0 Å². The molecule has 1 rings (SSSR count). The minimum atomic E-state index is -0.769. The van der Waals surface area contributed by atoms with E-state index < -0.39 is 5.97 Å². The number of pyridine rings is 1.